The van der Waals surface area contributed by atoms with Crippen LogP contribution in [-0.2, 0) is 6.42 Å². The summed E-state index contributed by atoms with van der Waals surface area (Å²) in [5.74, 6) is 0.800. The molecule has 19 heavy (non-hydrogen) atoms. The molecule has 0 amide bonds. The van der Waals surface area contributed by atoms with Gasteiger partial charge in [-0.05, 0) is 26.7 Å². The lowest BCUT2D eigenvalue weighted by atomic mass is 9.87. The summed E-state index contributed by atoms with van der Waals surface area (Å²) in [4.78, 5) is 4.36. The Morgan fingerprint density at radius 3 is 2.37 bits per heavy atom. The van der Waals surface area contributed by atoms with Gasteiger partial charge in [0.1, 0.15) is 5.75 Å². The molecule has 1 rings (SSSR count). The van der Waals surface area contributed by atoms with Crippen LogP contribution in [-0.4, -0.2) is 34.0 Å². The Hall–Kier alpha value is -1.13. The number of rotatable bonds is 6. The zero-order chi connectivity index (χ0) is 14.6. The Morgan fingerprint density at radius 1 is 1.32 bits per heavy atom. The molecule has 0 fully saturated rings. The predicted molar refractivity (Wildman–Crippen MR) is 75.5 cm³/mol. The van der Waals surface area contributed by atoms with E-state index in [0.717, 1.165) is 22.6 Å². The van der Waals surface area contributed by atoms with Gasteiger partial charge < -0.3 is 14.9 Å². The lowest BCUT2D eigenvalue weighted by molar-refractivity contribution is -0.0794. The van der Waals surface area contributed by atoms with Gasteiger partial charge in [-0.25, -0.2) is 0 Å². The molecule has 108 valence electrons. The van der Waals surface area contributed by atoms with E-state index in [1.165, 1.54) is 0 Å². The Bertz CT molecular complexity index is 428. The van der Waals surface area contributed by atoms with Gasteiger partial charge in [-0.3, -0.25) is 4.98 Å². The van der Waals surface area contributed by atoms with E-state index in [1.54, 1.807) is 13.3 Å². The SMILES string of the molecule is CCC(O)(CC)C(O)Cc1ncc(C)c(OC)c1C. The molecule has 0 saturated heterocycles. The van der Waals surface area contributed by atoms with Crippen LogP contribution < -0.4 is 4.74 Å². The van der Waals surface area contributed by atoms with Gasteiger partial charge in [-0.1, -0.05) is 13.8 Å². The number of nitrogens with zero attached hydrogens (tertiary/aromatic N) is 1. The van der Waals surface area contributed by atoms with Crippen LogP contribution in [0.25, 0.3) is 0 Å². The molecule has 4 heteroatoms. The van der Waals surface area contributed by atoms with E-state index in [1.807, 2.05) is 27.7 Å². The monoisotopic (exact) mass is 267 g/mol. The first-order valence-electron chi connectivity index (χ1n) is 6.79. The quantitative estimate of drug-likeness (QED) is 0.829. The molecule has 1 aromatic rings. The number of aliphatic hydroxyl groups is 2. The van der Waals surface area contributed by atoms with Crippen molar-refractivity contribution in [3.63, 3.8) is 0 Å². The highest BCUT2D eigenvalue weighted by Crippen LogP contribution is 2.27. The zero-order valence-corrected chi connectivity index (χ0v) is 12.5. The summed E-state index contributed by atoms with van der Waals surface area (Å²) in [7, 11) is 1.63. The zero-order valence-electron chi connectivity index (χ0n) is 12.5. The van der Waals surface area contributed by atoms with E-state index < -0.39 is 11.7 Å². The molecular formula is C15H25NO3. The molecule has 1 atom stereocenters. The first-order chi connectivity index (χ1) is 8.89. The van der Waals surface area contributed by atoms with E-state index in [-0.39, 0.29) is 0 Å². The lowest BCUT2D eigenvalue weighted by Gasteiger charge is -2.31. The highest BCUT2D eigenvalue weighted by atomic mass is 16.5. The Morgan fingerprint density at radius 2 is 1.89 bits per heavy atom. The summed E-state index contributed by atoms with van der Waals surface area (Å²) >= 11 is 0. The van der Waals surface area contributed by atoms with Gasteiger partial charge in [0.25, 0.3) is 0 Å². The van der Waals surface area contributed by atoms with Crippen LogP contribution in [0.5, 0.6) is 5.75 Å². The molecule has 1 unspecified atom stereocenters. The number of aryl methyl sites for hydroxylation is 1. The predicted octanol–water partition coefficient (Wildman–Crippen LogP) is 2.16. The second-order valence-electron chi connectivity index (χ2n) is 5.08. The van der Waals surface area contributed by atoms with Crippen LogP contribution in [0.1, 0.15) is 43.5 Å². The van der Waals surface area contributed by atoms with Gasteiger partial charge in [-0.15, -0.1) is 0 Å². The van der Waals surface area contributed by atoms with Gasteiger partial charge in [0, 0.05) is 29.4 Å². The minimum atomic E-state index is -1.05. The smallest absolute Gasteiger partial charge is 0.128 e. The number of hydrogen-bond acceptors (Lipinski definition) is 4. The third-order valence-corrected chi connectivity index (χ3v) is 3.98. The number of hydrogen-bond donors (Lipinski definition) is 2. The molecule has 0 aromatic carbocycles. The van der Waals surface area contributed by atoms with E-state index >= 15 is 0 Å². The Kier molecular flexibility index (Phi) is 5.32. The second kappa shape index (κ2) is 6.35. The number of aromatic nitrogens is 1. The van der Waals surface area contributed by atoms with E-state index in [0.29, 0.717) is 19.3 Å². The maximum Gasteiger partial charge on any atom is 0.128 e. The van der Waals surface area contributed by atoms with Crippen LogP contribution >= 0.6 is 0 Å². The topological polar surface area (TPSA) is 62.6 Å². The average molecular weight is 267 g/mol. The largest absolute Gasteiger partial charge is 0.496 e. The third-order valence-electron chi connectivity index (χ3n) is 3.98. The molecule has 4 nitrogen and oxygen atoms in total. The minimum absolute atomic E-state index is 0.334. The normalized spacial score (nSPS) is 13.4. The molecule has 0 bridgehead atoms. The maximum atomic E-state index is 10.3. The average Bonchev–Trinajstić information content (AvgIpc) is 2.41. The van der Waals surface area contributed by atoms with Crippen molar-refractivity contribution in [1.82, 2.24) is 4.98 Å². The molecule has 0 radical (unpaired) electrons. The molecule has 1 heterocycles. The van der Waals surface area contributed by atoms with Crippen LogP contribution in [0.3, 0.4) is 0 Å². The summed E-state index contributed by atoms with van der Waals surface area (Å²) in [5.41, 5.74) is 1.62. The van der Waals surface area contributed by atoms with Gasteiger partial charge in [-0.2, -0.15) is 0 Å². The van der Waals surface area contributed by atoms with Crippen molar-refractivity contribution in [2.75, 3.05) is 7.11 Å². The van der Waals surface area contributed by atoms with E-state index in [4.69, 9.17) is 4.74 Å². The van der Waals surface area contributed by atoms with Crippen molar-refractivity contribution < 1.29 is 14.9 Å². The van der Waals surface area contributed by atoms with Crippen LogP contribution in [0.4, 0.5) is 0 Å². The molecule has 0 aliphatic rings. The Balaban J connectivity index is 3.00. The molecular weight excluding hydrogens is 242 g/mol. The summed E-state index contributed by atoms with van der Waals surface area (Å²) in [6.45, 7) is 7.62. The van der Waals surface area contributed by atoms with Gasteiger partial charge in [0.05, 0.1) is 18.8 Å². The fraction of sp³-hybridized carbons (Fsp3) is 0.667. The Labute approximate surface area is 115 Å². The summed E-state index contributed by atoms with van der Waals surface area (Å²) in [5, 5.41) is 20.6. The standard InChI is InChI=1S/C15H25NO3/c1-6-15(18,7-2)13(17)8-12-11(4)14(19-5)10(3)9-16-12/h9,13,17-18H,6-8H2,1-5H3. The van der Waals surface area contributed by atoms with E-state index in [2.05, 4.69) is 4.98 Å². The van der Waals surface area contributed by atoms with Gasteiger partial charge in [0.2, 0.25) is 0 Å². The van der Waals surface area contributed by atoms with Crippen LogP contribution in [0, 0.1) is 13.8 Å². The molecule has 0 spiro atoms. The van der Waals surface area contributed by atoms with Crippen molar-refractivity contribution in [2.45, 2.75) is 58.7 Å². The summed E-state index contributed by atoms with van der Waals surface area (Å²) < 4.78 is 5.35. The van der Waals surface area contributed by atoms with Crippen molar-refractivity contribution in [3.05, 3.63) is 23.0 Å². The van der Waals surface area contributed by atoms with Gasteiger partial charge in [0.15, 0.2) is 0 Å². The summed E-state index contributed by atoms with van der Waals surface area (Å²) in [6.07, 6.45) is 2.30. The number of methoxy groups -OCH3 is 1. The van der Waals surface area contributed by atoms with Crippen molar-refractivity contribution >= 4 is 0 Å². The lowest BCUT2D eigenvalue weighted by Crippen LogP contribution is -2.42. The van der Waals surface area contributed by atoms with Crippen molar-refractivity contribution in [1.29, 1.82) is 0 Å². The number of aliphatic hydroxyl groups excluding tert-OH is 1. The van der Waals surface area contributed by atoms with Crippen molar-refractivity contribution in [3.8, 4) is 5.75 Å². The molecule has 1 aromatic heterocycles. The molecule has 0 saturated carbocycles. The molecule has 0 aliphatic carbocycles. The van der Waals surface area contributed by atoms with Gasteiger partial charge >= 0.3 is 0 Å². The van der Waals surface area contributed by atoms with Crippen molar-refractivity contribution in [2.24, 2.45) is 0 Å². The minimum Gasteiger partial charge on any atom is -0.496 e. The highest BCUT2D eigenvalue weighted by Gasteiger charge is 2.32. The van der Waals surface area contributed by atoms with Crippen LogP contribution in [0.2, 0.25) is 0 Å². The third kappa shape index (κ3) is 3.25. The second-order valence-corrected chi connectivity index (χ2v) is 5.08. The first-order valence-corrected chi connectivity index (χ1v) is 6.79. The fourth-order valence-corrected chi connectivity index (χ4v) is 2.37. The summed E-state index contributed by atoms with van der Waals surface area (Å²) in [6, 6.07) is 0. The molecule has 0 aliphatic heterocycles. The van der Waals surface area contributed by atoms with E-state index in [9.17, 15) is 10.2 Å². The highest BCUT2D eigenvalue weighted by molar-refractivity contribution is 5.41. The first kappa shape index (κ1) is 15.9. The molecule has 2 N–H and O–H groups in total. The fourth-order valence-electron chi connectivity index (χ4n) is 2.37. The van der Waals surface area contributed by atoms with Crippen LogP contribution in [0.15, 0.2) is 6.20 Å². The number of ether oxygens (including phenoxy) is 1. The maximum absolute atomic E-state index is 10.3. The number of pyridine rings is 1.